The van der Waals surface area contributed by atoms with Crippen LogP contribution >= 0.6 is 0 Å². The van der Waals surface area contributed by atoms with Crippen molar-refractivity contribution in [2.24, 2.45) is 0 Å². The number of aromatic nitrogens is 2. The quantitative estimate of drug-likeness (QED) is 0.705. The zero-order chi connectivity index (χ0) is 14.7. The van der Waals surface area contributed by atoms with Crippen molar-refractivity contribution in [3.63, 3.8) is 0 Å². The van der Waals surface area contributed by atoms with E-state index < -0.39 is 0 Å². The molecular weight excluding hydrogens is 260 g/mol. The molecule has 0 radical (unpaired) electrons. The van der Waals surface area contributed by atoms with Crippen LogP contribution < -0.4 is 0 Å². The highest BCUT2D eigenvalue weighted by Crippen LogP contribution is 2.19. The Labute approximate surface area is 124 Å². The molecule has 0 saturated heterocycles. The fraction of sp³-hybridized carbons (Fsp3) is 0.111. The highest BCUT2D eigenvalue weighted by Gasteiger charge is 2.06. The van der Waals surface area contributed by atoms with Crippen molar-refractivity contribution in [1.29, 1.82) is 0 Å². The molecule has 0 saturated carbocycles. The molecule has 0 spiro atoms. The number of hydrogen-bond donors (Lipinski definition) is 0. The Morgan fingerprint density at radius 2 is 1.67 bits per heavy atom. The Morgan fingerprint density at radius 1 is 0.857 bits per heavy atom. The predicted molar refractivity (Wildman–Crippen MR) is 84.6 cm³/mol. The van der Waals surface area contributed by atoms with Gasteiger partial charge in [0.1, 0.15) is 0 Å². The molecule has 1 aromatic heterocycles. The minimum Gasteiger partial charge on any atom is -0.417 e. The molecule has 0 aliphatic carbocycles. The van der Waals surface area contributed by atoms with Gasteiger partial charge in [-0.05, 0) is 37.6 Å². The first-order valence-electron chi connectivity index (χ1n) is 6.86. The second-order valence-electron chi connectivity index (χ2n) is 5.06. The van der Waals surface area contributed by atoms with Gasteiger partial charge in [-0.25, -0.2) is 0 Å². The van der Waals surface area contributed by atoms with Crippen molar-refractivity contribution in [3.05, 3.63) is 71.1 Å². The van der Waals surface area contributed by atoms with Crippen LogP contribution in [0.15, 0.2) is 52.9 Å². The van der Waals surface area contributed by atoms with E-state index in [0.717, 1.165) is 11.1 Å². The van der Waals surface area contributed by atoms with Crippen LogP contribution in [0.2, 0.25) is 0 Å². The van der Waals surface area contributed by atoms with Gasteiger partial charge < -0.3 is 4.42 Å². The average Bonchev–Trinajstić information content (AvgIpc) is 2.96. The van der Waals surface area contributed by atoms with Crippen molar-refractivity contribution < 1.29 is 4.42 Å². The number of rotatable bonds is 3. The molecule has 0 fully saturated rings. The monoisotopic (exact) mass is 276 g/mol. The van der Waals surface area contributed by atoms with Gasteiger partial charge in [0.25, 0.3) is 0 Å². The SMILES string of the molecule is Cc1ccc(/C=C/c2nnc(-c3cccc(C)c3)o2)cc1. The summed E-state index contributed by atoms with van der Waals surface area (Å²) in [5.74, 6) is 1.05. The maximum atomic E-state index is 5.66. The van der Waals surface area contributed by atoms with Crippen LogP contribution in [0.3, 0.4) is 0 Å². The topological polar surface area (TPSA) is 38.9 Å². The zero-order valence-corrected chi connectivity index (χ0v) is 12.1. The van der Waals surface area contributed by atoms with E-state index in [9.17, 15) is 0 Å². The molecule has 0 aliphatic rings. The molecule has 3 rings (SSSR count). The summed E-state index contributed by atoms with van der Waals surface area (Å²) in [4.78, 5) is 0. The van der Waals surface area contributed by atoms with E-state index in [4.69, 9.17) is 4.42 Å². The van der Waals surface area contributed by atoms with Crippen LogP contribution in [0.5, 0.6) is 0 Å². The van der Waals surface area contributed by atoms with Crippen LogP contribution in [0.4, 0.5) is 0 Å². The highest BCUT2D eigenvalue weighted by atomic mass is 16.4. The Morgan fingerprint density at radius 3 is 2.43 bits per heavy atom. The summed E-state index contributed by atoms with van der Waals surface area (Å²) in [6.45, 7) is 4.11. The maximum absolute atomic E-state index is 5.66. The van der Waals surface area contributed by atoms with Gasteiger partial charge in [0.05, 0.1) is 0 Å². The van der Waals surface area contributed by atoms with E-state index in [-0.39, 0.29) is 0 Å². The molecule has 3 nitrogen and oxygen atoms in total. The Bertz CT molecular complexity index is 770. The van der Waals surface area contributed by atoms with E-state index in [1.54, 1.807) is 0 Å². The standard InChI is InChI=1S/C18H16N2O/c1-13-6-8-15(9-7-13)10-11-17-19-20-18(21-17)16-5-3-4-14(2)12-16/h3-12H,1-2H3/b11-10+. The van der Waals surface area contributed by atoms with Crippen LogP contribution in [0.25, 0.3) is 23.6 Å². The molecule has 2 aromatic carbocycles. The fourth-order valence-corrected chi connectivity index (χ4v) is 2.04. The Hall–Kier alpha value is -2.68. The molecule has 0 N–H and O–H groups in total. The molecule has 0 amide bonds. The zero-order valence-electron chi connectivity index (χ0n) is 12.1. The van der Waals surface area contributed by atoms with Gasteiger partial charge in [0.2, 0.25) is 11.8 Å². The number of nitrogens with zero attached hydrogens (tertiary/aromatic N) is 2. The van der Waals surface area contributed by atoms with Gasteiger partial charge in [-0.2, -0.15) is 0 Å². The fourth-order valence-electron chi connectivity index (χ4n) is 2.04. The minimum absolute atomic E-state index is 0.507. The third kappa shape index (κ3) is 3.26. The summed E-state index contributed by atoms with van der Waals surface area (Å²) in [5, 5.41) is 8.14. The number of aryl methyl sites for hydroxylation is 2. The first-order chi connectivity index (χ1) is 10.2. The second kappa shape index (κ2) is 5.75. The summed E-state index contributed by atoms with van der Waals surface area (Å²) in [6, 6.07) is 16.3. The molecular formula is C18H16N2O. The molecule has 3 aromatic rings. The predicted octanol–water partition coefficient (Wildman–Crippen LogP) is 4.52. The van der Waals surface area contributed by atoms with E-state index in [1.807, 2.05) is 43.3 Å². The number of benzene rings is 2. The minimum atomic E-state index is 0.507. The van der Waals surface area contributed by atoms with Crippen molar-refractivity contribution in [2.75, 3.05) is 0 Å². The largest absolute Gasteiger partial charge is 0.417 e. The molecule has 1 heterocycles. The van der Waals surface area contributed by atoms with Gasteiger partial charge in [0.15, 0.2) is 0 Å². The molecule has 0 unspecified atom stereocenters. The maximum Gasteiger partial charge on any atom is 0.248 e. The van der Waals surface area contributed by atoms with E-state index in [0.29, 0.717) is 11.8 Å². The van der Waals surface area contributed by atoms with Crippen molar-refractivity contribution in [1.82, 2.24) is 10.2 Å². The van der Waals surface area contributed by atoms with Crippen LogP contribution in [-0.2, 0) is 0 Å². The normalized spacial score (nSPS) is 11.1. The third-order valence-electron chi connectivity index (χ3n) is 3.20. The summed E-state index contributed by atoms with van der Waals surface area (Å²) in [6.07, 6.45) is 3.80. The van der Waals surface area contributed by atoms with Crippen molar-refractivity contribution in [2.45, 2.75) is 13.8 Å². The van der Waals surface area contributed by atoms with Crippen LogP contribution in [0.1, 0.15) is 22.6 Å². The molecule has 0 bridgehead atoms. The summed E-state index contributed by atoms with van der Waals surface area (Å²) >= 11 is 0. The lowest BCUT2D eigenvalue weighted by Gasteiger charge is -1.95. The molecule has 104 valence electrons. The summed E-state index contributed by atoms with van der Waals surface area (Å²) in [7, 11) is 0. The average molecular weight is 276 g/mol. The van der Waals surface area contributed by atoms with Gasteiger partial charge in [-0.15, -0.1) is 10.2 Å². The lowest BCUT2D eigenvalue weighted by molar-refractivity contribution is 0.558. The first kappa shape index (κ1) is 13.3. The molecule has 3 heteroatoms. The van der Waals surface area contributed by atoms with Crippen molar-refractivity contribution >= 4 is 12.2 Å². The third-order valence-corrected chi connectivity index (χ3v) is 3.20. The van der Waals surface area contributed by atoms with Crippen LogP contribution in [0, 0.1) is 13.8 Å². The van der Waals surface area contributed by atoms with E-state index in [2.05, 4.69) is 41.4 Å². The van der Waals surface area contributed by atoms with E-state index >= 15 is 0 Å². The summed E-state index contributed by atoms with van der Waals surface area (Å²) < 4.78 is 5.66. The van der Waals surface area contributed by atoms with Gasteiger partial charge >= 0.3 is 0 Å². The van der Waals surface area contributed by atoms with Gasteiger partial charge in [-0.1, -0.05) is 47.5 Å². The molecule has 0 atom stereocenters. The highest BCUT2D eigenvalue weighted by molar-refractivity contribution is 5.66. The lowest BCUT2D eigenvalue weighted by Crippen LogP contribution is -1.78. The van der Waals surface area contributed by atoms with E-state index in [1.165, 1.54) is 11.1 Å². The van der Waals surface area contributed by atoms with Crippen LogP contribution in [-0.4, -0.2) is 10.2 Å². The Kier molecular flexibility index (Phi) is 3.65. The second-order valence-corrected chi connectivity index (χ2v) is 5.06. The van der Waals surface area contributed by atoms with Gasteiger partial charge in [-0.3, -0.25) is 0 Å². The lowest BCUT2D eigenvalue weighted by atomic mass is 10.1. The number of hydrogen-bond acceptors (Lipinski definition) is 3. The Balaban J connectivity index is 1.80. The molecule has 21 heavy (non-hydrogen) atoms. The van der Waals surface area contributed by atoms with Crippen molar-refractivity contribution in [3.8, 4) is 11.5 Å². The molecule has 0 aliphatic heterocycles. The smallest absolute Gasteiger partial charge is 0.248 e. The first-order valence-corrected chi connectivity index (χ1v) is 6.86. The summed E-state index contributed by atoms with van der Waals surface area (Å²) in [5.41, 5.74) is 4.46. The van der Waals surface area contributed by atoms with Gasteiger partial charge in [0, 0.05) is 11.6 Å².